The van der Waals surface area contributed by atoms with Crippen LogP contribution in [-0.4, -0.2) is 25.1 Å². The Morgan fingerprint density at radius 2 is 1.85 bits per heavy atom. The van der Waals surface area contributed by atoms with Gasteiger partial charge in [-0.2, -0.15) is 0 Å². The van der Waals surface area contributed by atoms with E-state index < -0.39 is 12.1 Å². The molecule has 0 unspecified atom stereocenters. The summed E-state index contributed by atoms with van der Waals surface area (Å²) in [6.45, 7) is 1.72. The lowest BCUT2D eigenvalue weighted by Gasteiger charge is -2.27. The van der Waals surface area contributed by atoms with E-state index in [4.69, 9.17) is 4.74 Å². The zero-order valence-corrected chi connectivity index (χ0v) is 15.0. The molecule has 26 heavy (non-hydrogen) atoms. The molecule has 0 bridgehead atoms. The Labute approximate surface area is 153 Å². The molecule has 5 heteroatoms. The molecule has 2 aromatic rings. The predicted octanol–water partition coefficient (Wildman–Crippen LogP) is 3.43. The number of hydrogen-bond acceptors (Lipinski definition) is 4. The number of aryl methyl sites for hydroxylation is 1. The molecule has 0 fully saturated rings. The third-order valence-electron chi connectivity index (χ3n) is 4.64. The minimum absolute atomic E-state index is 0.0280. The molecule has 0 aliphatic heterocycles. The molecular weight excluding hydrogens is 330 g/mol. The molecular formula is C21H23NO4. The van der Waals surface area contributed by atoms with Gasteiger partial charge in [0.15, 0.2) is 6.10 Å². The average Bonchev–Trinajstić information content (AvgIpc) is 2.68. The van der Waals surface area contributed by atoms with E-state index >= 15 is 0 Å². The molecule has 1 aliphatic rings. The van der Waals surface area contributed by atoms with E-state index in [1.807, 2.05) is 12.1 Å². The molecule has 136 valence electrons. The number of esters is 1. The quantitative estimate of drug-likeness (QED) is 0.837. The Kier molecular flexibility index (Phi) is 5.56. The summed E-state index contributed by atoms with van der Waals surface area (Å²) in [4.78, 5) is 24.0. The molecule has 5 nitrogen and oxygen atoms in total. The van der Waals surface area contributed by atoms with Crippen LogP contribution in [0.5, 0.6) is 5.75 Å². The molecule has 1 aliphatic carbocycles. The van der Waals surface area contributed by atoms with Crippen LogP contribution < -0.4 is 10.1 Å². The highest BCUT2D eigenvalue weighted by Gasteiger charge is 2.24. The van der Waals surface area contributed by atoms with Gasteiger partial charge in [0.1, 0.15) is 5.75 Å². The van der Waals surface area contributed by atoms with Crippen LogP contribution in [0.2, 0.25) is 0 Å². The first-order valence-corrected chi connectivity index (χ1v) is 8.81. The number of hydrogen-bond donors (Lipinski definition) is 1. The van der Waals surface area contributed by atoms with Crippen molar-refractivity contribution in [1.82, 2.24) is 5.32 Å². The van der Waals surface area contributed by atoms with Crippen molar-refractivity contribution in [2.45, 2.75) is 38.3 Å². The Morgan fingerprint density at radius 3 is 2.58 bits per heavy atom. The lowest BCUT2D eigenvalue weighted by atomic mass is 9.87. The predicted molar refractivity (Wildman–Crippen MR) is 98.1 cm³/mol. The van der Waals surface area contributed by atoms with Gasteiger partial charge in [-0.1, -0.05) is 24.3 Å². The average molecular weight is 353 g/mol. The van der Waals surface area contributed by atoms with E-state index in [2.05, 4.69) is 22.2 Å². The molecule has 0 aromatic heterocycles. The molecule has 1 amide bonds. The van der Waals surface area contributed by atoms with Gasteiger partial charge in [0.2, 0.25) is 0 Å². The molecule has 0 saturated carbocycles. The third kappa shape index (κ3) is 4.04. The topological polar surface area (TPSA) is 64.6 Å². The lowest BCUT2D eigenvalue weighted by molar-refractivity contribution is -0.128. The van der Waals surface area contributed by atoms with Crippen molar-refractivity contribution in [1.29, 1.82) is 0 Å². The normalized spacial score (nSPS) is 16.9. The van der Waals surface area contributed by atoms with Gasteiger partial charge >= 0.3 is 5.97 Å². The number of carbonyl (C=O) groups excluding carboxylic acids is 2. The fraction of sp³-hybridized carbons (Fsp3) is 0.333. The summed E-state index contributed by atoms with van der Waals surface area (Å²) < 4.78 is 10.4. The number of amides is 1. The largest absolute Gasteiger partial charge is 0.481 e. The van der Waals surface area contributed by atoms with Crippen LogP contribution in [0.15, 0.2) is 48.5 Å². The van der Waals surface area contributed by atoms with Crippen molar-refractivity contribution < 1.29 is 19.1 Å². The van der Waals surface area contributed by atoms with Crippen LogP contribution >= 0.6 is 0 Å². The van der Waals surface area contributed by atoms with E-state index in [9.17, 15) is 9.59 Å². The van der Waals surface area contributed by atoms with Crippen molar-refractivity contribution >= 4 is 11.9 Å². The zero-order valence-electron chi connectivity index (χ0n) is 15.0. The van der Waals surface area contributed by atoms with Crippen molar-refractivity contribution in [3.63, 3.8) is 0 Å². The van der Waals surface area contributed by atoms with E-state index in [0.29, 0.717) is 11.3 Å². The van der Waals surface area contributed by atoms with Crippen molar-refractivity contribution in [3.8, 4) is 5.75 Å². The molecule has 0 heterocycles. The molecule has 2 atom stereocenters. The van der Waals surface area contributed by atoms with Gasteiger partial charge in [-0.05, 0) is 61.6 Å². The summed E-state index contributed by atoms with van der Waals surface area (Å²) in [7, 11) is 1.34. The molecule has 0 spiro atoms. The minimum Gasteiger partial charge on any atom is -0.481 e. The zero-order chi connectivity index (χ0) is 18.5. The summed E-state index contributed by atoms with van der Waals surface area (Å²) in [5.74, 6) is -0.0219. The first-order valence-electron chi connectivity index (χ1n) is 8.81. The monoisotopic (exact) mass is 353 g/mol. The van der Waals surface area contributed by atoms with Gasteiger partial charge in [-0.15, -0.1) is 0 Å². The van der Waals surface area contributed by atoms with Crippen LogP contribution in [0.1, 0.15) is 47.3 Å². The summed E-state index contributed by atoms with van der Waals surface area (Å²) in [6.07, 6.45) is 2.42. The first kappa shape index (κ1) is 18.0. The maximum Gasteiger partial charge on any atom is 0.337 e. The molecule has 0 saturated heterocycles. The molecule has 0 radical (unpaired) electrons. The second kappa shape index (κ2) is 8.04. The Hall–Kier alpha value is -2.82. The Morgan fingerprint density at radius 1 is 1.12 bits per heavy atom. The smallest absolute Gasteiger partial charge is 0.337 e. The fourth-order valence-corrected chi connectivity index (χ4v) is 3.24. The van der Waals surface area contributed by atoms with Gasteiger partial charge in [0.05, 0.1) is 18.7 Å². The summed E-state index contributed by atoms with van der Waals surface area (Å²) >= 11 is 0. The SMILES string of the molecule is COC(=O)c1ccc(O[C@@H](C)C(=O)N[C@@H]2CCCc3ccccc32)cc1. The van der Waals surface area contributed by atoms with Crippen molar-refractivity contribution in [3.05, 3.63) is 65.2 Å². The second-order valence-electron chi connectivity index (χ2n) is 6.43. The second-order valence-corrected chi connectivity index (χ2v) is 6.43. The molecule has 2 aromatic carbocycles. The fourth-order valence-electron chi connectivity index (χ4n) is 3.24. The Balaban J connectivity index is 1.61. The third-order valence-corrected chi connectivity index (χ3v) is 4.64. The first-order chi connectivity index (χ1) is 12.6. The highest BCUT2D eigenvalue weighted by molar-refractivity contribution is 5.89. The van der Waals surface area contributed by atoms with E-state index in [1.165, 1.54) is 18.2 Å². The van der Waals surface area contributed by atoms with Gasteiger partial charge in [-0.25, -0.2) is 4.79 Å². The number of rotatable bonds is 5. The maximum absolute atomic E-state index is 12.5. The summed E-state index contributed by atoms with van der Waals surface area (Å²) in [6, 6.07) is 14.8. The minimum atomic E-state index is -0.631. The number of benzene rings is 2. The Bertz CT molecular complexity index is 785. The van der Waals surface area contributed by atoms with Gasteiger partial charge < -0.3 is 14.8 Å². The lowest BCUT2D eigenvalue weighted by Crippen LogP contribution is -2.39. The van der Waals surface area contributed by atoms with E-state index in [-0.39, 0.29) is 11.9 Å². The van der Waals surface area contributed by atoms with E-state index in [0.717, 1.165) is 19.3 Å². The molecule has 1 N–H and O–H groups in total. The summed E-state index contributed by atoms with van der Waals surface area (Å²) in [5.41, 5.74) is 2.94. The van der Waals surface area contributed by atoms with Crippen LogP contribution in [0, 0.1) is 0 Å². The van der Waals surface area contributed by atoms with Gasteiger partial charge in [-0.3, -0.25) is 4.79 Å². The number of methoxy groups -OCH3 is 1. The van der Waals surface area contributed by atoms with Gasteiger partial charge in [0, 0.05) is 0 Å². The maximum atomic E-state index is 12.5. The van der Waals surface area contributed by atoms with Crippen LogP contribution in [-0.2, 0) is 16.0 Å². The van der Waals surface area contributed by atoms with Crippen LogP contribution in [0.3, 0.4) is 0 Å². The van der Waals surface area contributed by atoms with Crippen molar-refractivity contribution in [2.75, 3.05) is 7.11 Å². The van der Waals surface area contributed by atoms with Crippen molar-refractivity contribution in [2.24, 2.45) is 0 Å². The molecule has 3 rings (SSSR count). The highest BCUT2D eigenvalue weighted by Crippen LogP contribution is 2.29. The van der Waals surface area contributed by atoms with Gasteiger partial charge in [0.25, 0.3) is 5.91 Å². The number of carbonyl (C=O) groups is 2. The summed E-state index contributed by atoms with van der Waals surface area (Å²) in [5, 5.41) is 3.10. The highest BCUT2D eigenvalue weighted by atomic mass is 16.5. The van der Waals surface area contributed by atoms with Crippen LogP contribution in [0.4, 0.5) is 0 Å². The van der Waals surface area contributed by atoms with Crippen LogP contribution in [0.25, 0.3) is 0 Å². The standard InChI is InChI=1S/C21H23NO4/c1-14(26-17-12-10-16(11-13-17)21(24)25-2)20(23)22-19-9-5-7-15-6-3-4-8-18(15)19/h3-4,6,8,10-14,19H,5,7,9H2,1-2H3,(H,22,23)/t14-,19+/m0/s1. The number of fused-ring (bicyclic) bond motifs is 1. The van der Waals surface area contributed by atoms with E-state index in [1.54, 1.807) is 31.2 Å². The number of ether oxygens (including phenoxy) is 2. The number of nitrogens with one attached hydrogen (secondary N) is 1.